The van der Waals surface area contributed by atoms with Crippen LogP contribution in [0.4, 0.5) is 0 Å². The Kier molecular flexibility index (Phi) is 9.47. The Bertz CT molecular complexity index is 1580. The molecule has 2 fully saturated rings. The fraction of sp³-hybridized carbons (Fsp3) is 0.444. The second-order valence-electron chi connectivity index (χ2n) is 12.2. The number of nitrogens with one attached hydrogen (secondary N) is 3. The first-order valence-electron chi connectivity index (χ1n) is 15.9. The van der Waals surface area contributed by atoms with E-state index < -0.39 is 18.1 Å². The largest absolute Gasteiger partial charge is 0.496 e. The summed E-state index contributed by atoms with van der Waals surface area (Å²) in [6.07, 6.45) is 0.510. The van der Waals surface area contributed by atoms with Crippen LogP contribution in [0.3, 0.4) is 0 Å². The van der Waals surface area contributed by atoms with Crippen LogP contribution in [0.15, 0.2) is 60.7 Å². The number of nitriles is 1. The number of rotatable bonds is 11. The highest BCUT2D eigenvalue weighted by molar-refractivity contribution is 5.83. The number of piperidine rings is 1. The molecule has 10 heteroatoms. The van der Waals surface area contributed by atoms with Gasteiger partial charge in [0.25, 0.3) is 0 Å². The maximum atomic E-state index is 13.9. The smallest absolute Gasteiger partial charge is 0.225 e. The van der Waals surface area contributed by atoms with E-state index in [2.05, 4.69) is 26.9 Å². The zero-order valence-electron chi connectivity index (χ0n) is 27.1. The van der Waals surface area contributed by atoms with Crippen LogP contribution in [0.2, 0.25) is 0 Å². The van der Waals surface area contributed by atoms with Crippen LogP contribution in [-0.2, 0) is 22.7 Å². The van der Waals surface area contributed by atoms with Crippen molar-refractivity contribution < 1.29 is 23.7 Å². The highest BCUT2D eigenvalue weighted by atomic mass is 16.5. The van der Waals surface area contributed by atoms with Gasteiger partial charge in [-0.1, -0.05) is 60.7 Å². The molecule has 6 rings (SSSR count). The van der Waals surface area contributed by atoms with Gasteiger partial charge < -0.3 is 34.9 Å². The van der Waals surface area contributed by atoms with Crippen LogP contribution >= 0.6 is 0 Å². The summed E-state index contributed by atoms with van der Waals surface area (Å²) in [7, 11) is 7.02. The Morgan fingerprint density at radius 2 is 1.57 bits per heavy atom. The molecule has 3 aromatic carbocycles. The Hall–Kier alpha value is -4.14. The van der Waals surface area contributed by atoms with E-state index in [0.29, 0.717) is 36.9 Å². The number of amides is 1. The Morgan fingerprint density at radius 1 is 0.913 bits per heavy atom. The van der Waals surface area contributed by atoms with Gasteiger partial charge in [-0.3, -0.25) is 9.69 Å². The van der Waals surface area contributed by atoms with Crippen LogP contribution in [0.5, 0.6) is 17.2 Å². The van der Waals surface area contributed by atoms with Gasteiger partial charge >= 0.3 is 0 Å². The first-order valence-corrected chi connectivity index (χ1v) is 15.9. The lowest BCUT2D eigenvalue weighted by Gasteiger charge is -2.54. The molecule has 242 valence electrons. The molecule has 0 aromatic heterocycles. The van der Waals surface area contributed by atoms with Gasteiger partial charge in [0.2, 0.25) is 5.91 Å². The third-order valence-electron chi connectivity index (χ3n) is 9.86. The van der Waals surface area contributed by atoms with E-state index in [4.69, 9.17) is 18.9 Å². The Balaban J connectivity index is 1.58. The Labute approximate surface area is 271 Å². The third-order valence-corrected chi connectivity index (χ3v) is 9.86. The molecule has 7 atom stereocenters. The minimum atomic E-state index is -0.565. The van der Waals surface area contributed by atoms with Crippen molar-refractivity contribution in [3.8, 4) is 23.3 Å². The van der Waals surface area contributed by atoms with Crippen molar-refractivity contribution in [1.82, 2.24) is 20.9 Å². The SMILES string of the molecule is CN[C@H]1[C@@H]2[C@@H]3NC(=O)[C@@H]1C[C@H](NC)[C@H](C#N)N2[C@@H](COCc1ccccc1)c1c(OCc2ccccc2)c(OC)c(C)c(OC)c13. The summed E-state index contributed by atoms with van der Waals surface area (Å²) in [5, 5.41) is 21.1. The molecular weight excluding hydrogens is 582 g/mol. The first-order chi connectivity index (χ1) is 22.5. The number of ether oxygens (including phenoxy) is 4. The molecule has 0 aliphatic carbocycles. The van der Waals surface area contributed by atoms with Crippen LogP contribution in [0, 0.1) is 24.2 Å². The highest BCUT2D eigenvalue weighted by Gasteiger charge is 2.59. The van der Waals surface area contributed by atoms with E-state index in [-0.39, 0.29) is 36.6 Å². The summed E-state index contributed by atoms with van der Waals surface area (Å²) in [6, 6.07) is 20.4. The Morgan fingerprint density at radius 3 is 2.15 bits per heavy atom. The second-order valence-corrected chi connectivity index (χ2v) is 12.2. The molecule has 0 spiro atoms. The lowest BCUT2D eigenvalue weighted by molar-refractivity contribution is -0.132. The van der Waals surface area contributed by atoms with Gasteiger partial charge in [-0.15, -0.1) is 0 Å². The molecule has 3 aliphatic rings. The highest BCUT2D eigenvalue weighted by Crippen LogP contribution is 2.57. The van der Waals surface area contributed by atoms with Crippen molar-refractivity contribution in [1.29, 1.82) is 5.26 Å². The van der Waals surface area contributed by atoms with Crippen molar-refractivity contribution in [3.05, 3.63) is 88.5 Å². The van der Waals surface area contributed by atoms with Gasteiger partial charge in [-0.25, -0.2) is 0 Å². The molecule has 0 radical (unpaired) electrons. The van der Waals surface area contributed by atoms with E-state index in [1.54, 1.807) is 14.2 Å². The minimum Gasteiger partial charge on any atom is -0.496 e. The lowest BCUT2D eigenvalue weighted by Crippen LogP contribution is -2.67. The zero-order valence-corrected chi connectivity index (χ0v) is 27.1. The molecule has 10 nitrogen and oxygen atoms in total. The van der Waals surface area contributed by atoms with Crippen molar-refractivity contribution in [2.24, 2.45) is 5.92 Å². The molecule has 0 unspecified atom stereocenters. The summed E-state index contributed by atoms with van der Waals surface area (Å²) >= 11 is 0. The number of carbonyl (C=O) groups excluding carboxylic acids is 1. The molecule has 2 bridgehead atoms. The van der Waals surface area contributed by atoms with E-state index in [1.165, 1.54) is 0 Å². The monoisotopic (exact) mass is 625 g/mol. The summed E-state index contributed by atoms with van der Waals surface area (Å²) in [4.78, 5) is 16.2. The van der Waals surface area contributed by atoms with Gasteiger partial charge in [0.05, 0.1) is 57.5 Å². The zero-order chi connectivity index (χ0) is 32.4. The van der Waals surface area contributed by atoms with Crippen molar-refractivity contribution in [2.45, 2.75) is 62.8 Å². The lowest BCUT2D eigenvalue weighted by atomic mass is 9.74. The number of likely N-dealkylation sites (N-methyl/N-ethyl adjacent to an activating group) is 2. The molecule has 3 aromatic rings. The average Bonchev–Trinajstić information content (AvgIpc) is 3.21. The van der Waals surface area contributed by atoms with Gasteiger partial charge in [0, 0.05) is 28.8 Å². The number of methoxy groups -OCH3 is 2. The molecule has 0 saturated carbocycles. The summed E-state index contributed by atoms with van der Waals surface area (Å²) in [5.74, 6) is 1.36. The standard InChI is InChI=1S/C36H43N5O5/c1-21-33(43-4)29-28(35(34(21)44-5)46-19-23-14-10-7-11-15-23)27(20-45-18-22-12-8-6-9-13-22)41-26(17-37)25(38-2)16-24-30(39-3)32(41)31(29)40-36(24)42/h6-15,24-27,30-32,38-39H,16,18-20H2,1-5H3,(H,40,42)/t24-,25+,26+,27+,30-,31-,32-/m1/s1. The number of hydrogen-bond donors (Lipinski definition) is 3. The predicted molar refractivity (Wildman–Crippen MR) is 174 cm³/mol. The normalized spacial score (nSPS) is 26.7. The second kappa shape index (κ2) is 13.7. The molecular formula is C36H43N5O5. The minimum absolute atomic E-state index is 0.0496. The van der Waals surface area contributed by atoms with Crippen molar-refractivity contribution in [2.75, 3.05) is 34.9 Å². The van der Waals surface area contributed by atoms with E-state index in [1.807, 2.05) is 81.7 Å². The van der Waals surface area contributed by atoms with Crippen LogP contribution < -0.4 is 30.2 Å². The first kappa shape index (κ1) is 31.8. The topological polar surface area (TPSA) is 117 Å². The van der Waals surface area contributed by atoms with Crippen LogP contribution in [0.1, 0.15) is 46.3 Å². The molecule has 1 amide bonds. The molecule has 46 heavy (non-hydrogen) atoms. The fourth-order valence-corrected chi connectivity index (χ4v) is 7.85. The quantitative estimate of drug-likeness (QED) is 0.293. The number of fused-ring (bicyclic) bond motifs is 3. The molecule has 2 saturated heterocycles. The summed E-state index contributed by atoms with van der Waals surface area (Å²) in [6.45, 7) is 2.92. The van der Waals surface area contributed by atoms with Gasteiger partial charge in [0.15, 0.2) is 11.5 Å². The molecule has 3 N–H and O–H groups in total. The maximum absolute atomic E-state index is 13.9. The van der Waals surface area contributed by atoms with Gasteiger partial charge in [-0.2, -0.15) is 5.26 Å². The van der Waals surface area contributed by atoms with Crippen LogP contribution in [0.25, 0.3) is 0 Å². The maximum Gasteiger partial charge on any atom is 0.225 e. The summed E-state index contributed by atoms with van der Waals surface area (Å²) in [5.41, 5.74) is 4.47. The van der Waals surface area contributed by atoms with Crippen molar-refractivity contribution in [3.63, 3.8) is 0 Å². The fourth-order valence-electron chi connectivity index (χ4n) is 7.85. The number of hydrogen-bond acceptors (Lipinski definition) is 9. The van der Waals surface area contributed by atoms with Gasteiger partial charge in [0.1, 0.15) is 18.4 Å². The number of benzene rings is 3. The average molecular weight is 626 g/mol. The van der Waals surface area contributed by atoms with E-state index in [0.717, 1.165) is 27.8 Å². The van der Waals surface area contributed by atoms with E-state index in [9.17, 15) is 10.1 Å². The predicted octanol–water partition coefficient (Wildman–Crippen LogP) is 3.79. The molecule has 3 aliphatic heterocycles. The number of carbonyl (C=O) groups is 1. The summed E-state index contributed by atoms with van der Waals surface area (Å²) < 4.78 is 25.4. The van der Waals surface area contributed by atoms with Crippen LogP contribution in [-0.4, -0.2) is 69.9 Å². The van der Waals surface area contributed by atoms with Gasteiger partial charge in [-0.05, 0) is 38.6 Å². The number of nitrogens with zero attached hydrogens (tertiary/aromatic N) is 2. The van der Waals surface area contributed by atoms with E-state index >= 15 is 0 Å². The van der Waals surface area contributed by atoms with Crippen molar-refractivity contribution >= 4 is 5.91 Å². The molecule has 3 heterocycles. The third kappa shape index (κ3) is 5.47.